The molecule has 2 aromatic rings. The molecule has 2 aliphatic rings. The zero-order valence-corrected chi connectivity index (χ0v) is 20.8. The van der Waals surface area contributed by atoms with Gasteiger partial charge in [-0.05, 0) is 98.6 Å². The number of hydrogen-bond acceptors (Lipinski definition) is 3. The summed E-state index contributed by atoms with van der Waals surface area (Å²) in [6.07, 6.45) is 11.0. The fourth-order valence-corrected chi connectivity index (χ4v) is 5.56. The number of likely N-dealkylation sites (tertiary alicyclic amines) is 1. The lowest BCUT2D eigenvalue weighted by atomic mass is 9.76. The Morgan fingerprint density at radius 1 is 1.06 bits per heavy atom. The van der Waals surface area contributed by atoms with Gasteiger partial charge in [0, 0.05) is 25.2 Å². The predicted octanol–water partition coefficient (Wildman–Crippen LogP) is 6.34. The Labute approximate surface area is 200 Å². The van der Waals surface area contributed by atoms with Gasteiger partial charge in [0.05, 0.1) is 6.20 Å². The SMILES string of the molecule is C=C(C)C(=O)C1CCC(c2ccc(CN3CCC(Cn4cc(C(C)C)cn4)CC3)cc2)CC1. The molecule has 2 fully saturated rings. The fourth-order valence-electron chi connectivity index (χ4n) is 5.56. The Kier molecular flexibility index (Phi) is 7.85. The van der Waals surface area contributed by atoms with E-state index in [2.05, 4.69) is 65.6 Å². The Morgan fingerprint density at radius 2 is 1.73 bits per heavy atom. The van der Waals surface area contributed by atoms with E-state index in [4.69, 9.17) is 0 Å². The minimum Gasteiger partial charge on any atom is -0.299 e. The van der Waals surface area contributed by atoms with Crippen molar-refractivity contribution in [1.29, 1.82) is 0 Å². The number of allylic oxidation sites excluding steroid dienone is 1. The van der Waals surface area contributed by atoms with Crippen molar-refractivity contribution in [2.45, 2.75) is 84.2 Å². The molecule has 1 saturated heterocycles. The number of benzene rings is 1. The van der Waals surface area contributed by atoms with E-state index < -0.39 is 0 Å². The van der Waals surface area contributed by atoms with Crippen LogP contribution in [0.4, 0.5) is 0 Å². The van der Waals surface area contributed by atoms with Crippen molar-refractivity contribution in [3.05, 3.63) is 65.5 Å². The molecule has 0 radical (unpaired) electrons. The third kappa shape index (κ3) is 6.23. The first kappa shape index (κ1) is 23.9. The molecule has 4 rings (SSSR count). The Hall–Kier alpha value is -2.20. The number of piperidine rings is 1. The zero-order valence-electron chi connectivity index (χ0n) is 20.8. The van der Waals surface area contributed by atoms with Gasteiger partial charge in [0.2, 0.25) is 0 Å². The first-order valence-corrected chi connectivity index (χ1v) is 12.9. The van der Waals surface area contributed by atoms with E-state index in [9.17, 15) is 4.79 Å². The third-order valence-corrected chi connectivity index (χ3v) is 7.85. The second kappa shape index (κ2) is 10.8. The quantitative estimate of drug-likeness (QED) is 0.443. The lowest BCUT2D eigenvalue weighted by Crippen LogP contribution is -2.34. The van der Waals surface area contributed by atoms with E-state index in [-0.39, 0.29) is 11.7 Å². The second-order valence-electron chi connectivity index (χ2n) is 10.8. The highest BCUT2D eigenvalue weighted by Crippen LogP contribution is 2.37. The van der Waals surface area contributed by atoms with Crippen molar-refractivity contribution in [1.82, 2.24) is 14.7 Å². The van der Waals surface area contributed by atoms with Crippen LogP contribution in [-0.2, 0) is 17.9 Å². The molecule has 1 aromatic carbocycles. The Morgan fingerprint density at radius 3 is 2.30 bits per heavy atom. The van der Waals surface area contributed by atoms with Crippen LogP contribution >= 0.6 is 0 Å². The van der Waals surface area contributed by atoms with Gasteiger partial charge in [0.25, 0.3) is 0 Å². The first-order valence-electron chi connectivity index (χ1n) is 12.9. The van der Waals surface area contributed by atoms with Crippen LogP contribution in [0, 0.1) is 11.8 Å². The maximum atomic E-state index is 12.2. The molecule has 1 aliphatic heterocycles. The van der Waals surface area contributed by atoms with Gasteiger partial charge in [-0.2, -0.15) is 5.10 Å². The summed E-state index contributed by atoms with van der Waals surface area (Å²) in [4.78, 5) is 14.8. The molecule has 0 bridgehead atoms. The molecule has 178 valence electrons. The minimum atomic E-state index is 0.200. The molecule has 1 saturated carbocycles. The van der Waals surface area contributed by atoms with E-state index >= 15 is 0 Å². The van der Waals surface area contributed by atoms with Crippen LogP contribution in [-0.4, -0.2) is 33.6 Å². The molecule has 2 heterocycles. The summed E-state index contributed by atoms with van der Waals surface area (Å²) in [7, 11) is 0. The van der Waals surface area contributed by atoms with E-state index in [0.29, 0.717) is 17.4 Å². The summed E-state index contributed by atoms with van der Waals surface area (Å²) in [6.45, 7) is 14.6. The highest BCUT2D eigenvalue weighted by atomic mass is 16.1. The average molecular weight is 448 g/mol. The lowest BCUT2D eigenvalue weighted by Gasteiger charge is -2.32. The van der Waals surface area contributed by atoms with Crippen molar-refractivity contribution < 1.29 is 4.79 Å². The third-order valence-electron chi connectivity index (χ3n) is 7.85. The number of aromatic nitrogens is 2. The van der Waals surface area contributed by atoms with Crippen LogP contribution in [0.15, 0.2) is 48.8 Å². The predicted molar refractivity (Wildman–Crippen MR) is 135 cm³/mol. The summed E-state index contributed by atoms with van der Waals surface area (Å²) in [5.74, 6) is 2.36. The number of rotatable bonds is 8. The number of carbonyl (C=O) groups excluding carboxylic acids is 1. The molecule has 1 aliphatic carbocycles. The van der Waals surface area contributed by atoms with Gasteiger partial charge in [-0.25, -0.2) is 0 Å². The lowest BCUT2D eigenvalue weighted by molar-refractivity contribution is -0.120. The number of carbonyl (C=O) groups is 1. The standard InChI is InChI=1S/C29H41N3O/c1-21(2)28-17-30-32(20-28)19-24-13-15-31(16-14-24)18-23-5-7-25(8-6-23)26-9-11-27(12-10-26)29(33)22(3)4/h5-8,17,20-21,24,26-27H,3,9-16,18-19H2,1-2,4H3. The number of nitrogens with zero attached hydrogens (tertiary/aromatic N) is 3. The van der Waals surface area contributed by atoms with Crippen molar-refractivity contribution >= 4 is 5.78 Å². The molecule has 0 N–H and O–H groups in total. The molecular formula is C29H41N3O. The second-order valence-corrected chi connectivity index (χ2v) is 10.8. The van der Waals surface area contributed by atoms with Gasteiger partial charge in [-0.3, -0.25) is 14.4 Å². The molecule has 1 aromatic heterocycles. The number of Topliss-reactive ketones (excluding diaryl/α,β-unsaturated/α-hetero) is 1. The van der Waals surface area contributed by atoms with Crippen molar-refractivity contribution in [2.24, 2.45) is 11.8 Å². The fraction of sp³-hybridized carbons (Fsp3) is 0.586. The summed E-state index contributed by atoms with van der Waals surface area (Å²) in [6, 6.07) is 9.31. The van der Waals surface area contributed by atoms with Crippen LogP contribution in [0.25, 0.3) is 0 Å². The summed E-state index contributed by atoms with van der Waals surface area (Å²) < 4.78 is 2.15. The van der Waals surface area contributed by atoms with Crippen molar-refractivity contribution in [2.75, 3.05) is 13.1 Å². The van der Waals surface area contributed by atoms with Gasteiger partial charge in [-0.15, -0.1) is 0 Å². The molecule has 33 heavy (non-hydrogen) atoms. The largest absolute Gasteiger partial charge is 0.299 e. The number of hydrogen-bond donors (Lipinski definition) is 0. The van der Waals surface area contributed by atoms with E-state index in [1.165, 1.54) is 42.6 Å². The van der Waals surface area contributed by atoms with Crippen LogP contribution in [0.2, 0.25) is 0 Å². The topological polar surface area (TPSA) is 38.1 Å². The van der Waals surface area contributed by atoms with Gasteiger partial charge >= 0.3 is 0 Å². The molecular weight excluding hydrogens is 406 g/mol. The summed E-state index contributed by atoms with van der Waals surface area (Å²) >= 11 is 0. The highest BCUT2D eigenvalue weighted by Gasteiger charge is 2.27. The van der Waals surface area contributed by atoms with E-state index in [0.717, 1.165) is 44.7 Å². The van der Waals surface area contributed by atoms with Gasteiger partial charge in [-0.1, -0.05) is 44.7 Å². The van der Waals surface area contributed by atoms with Gasteiger partial charge in [0.1, 0.15) is 0 Å². The Bertz CT molecular complexity index is 926. The van der Waals surface area contributed by atoms with Gasteiger partial charge < -0.3 is 0 Å². The van der Waals surface area contributed by atoms with Crippen LogP contribution in [0.1, 0.15) is 87.8 Å². The molecule has 4 heteroatoms. The summed E-state index contributed by atoms with van der Waals surface area (Å²) in [5, 5.41) is 4.57. The molecule has 0 atom stereocenters. The molecule has 0 amide bonds. The first-order chi connectivity index (χ1) is 15.9. The maximum Gasteiger partial charge on any atom is 0.161 e. The average Bonchev–Trinajstić information content (AvgIpc) is 3.29. The summed E-state index contributed by atoms with van der Waals surface area (Å²) in [5.41, 5.74) is 4.91. The van der Waals surface area contributed by atoms with E-state index in [1.807, 2.05) is 13.1 Å². The smallest absolute Gasteiger partial charge is 0.161 e. The molecule has 0 spiro atoms. The monoisotopic (exact) mass is 447 g/mol. The van der Waals surface area contributed by atoms with E-state index in [1.54, 1.807) is 0 Å². The Balaban J connectivity index is 1.21. The zero-order chi connectivity index (χ0) is 23.4. The van der Waals surface area contributed by atoms with Crippen LogP contribution < -0.4 is 0 Å². The molecule has 4 nitrogen and oxygen atoms in total. The van der Waals surface area contributed by atoms with Crippen LogP contribution in [0.5, 0.6) is 0 Å². The minimum absolute atomic E-state index is 0.200. The maximum absolute atomic E-state index is 12.2. The number of ketones is 1. The highest BCUT2D eigenvalue weighted by molar-refractivity contribution is 5.96. The van der Waals surface area contributed by atoms with Crippen molar-refractivity contribution in [3.63, 3.8) is 0 Å². The van der Waals surface area contributed by atoms with Crippen LogP contribution in [0.3, 0.4) is 0 Å². The van der Waals surface area contributed by atoms with Crippen molar-refractivity contribution in [3.8, 4) is 0 Å². The normalized spacial score (nSPS) is 22.5. The molecule has 0 unspecified atom stereocenters. The van der Waals surface area contributed by atoms with Gasteiger partial charge in [0.15, 0.2) is 5.78 Å².